The molecule has 1 N–H and O–H groups in total. The molecule has 2 aromatic carbocycles. The fourth-order valence-corrected chi connectivity index (χ4v) is 4.66. The van der Waals surface area contributed by atoms with Crippen molar-refractivity contribution in [1.82, 2.24) is 5.32 Å². The molecular weight excluding hydrogens is 444 g/mol. The first-order chi connectivity index (χ1) is 13.4. The van der Waals surface area contributed by atoms with E-state index >= 15 is 0 Å². The Hall–Kier alpha value is -1.90. The quantitative estimate of drug-likeness (QED) is 0.679. The van der Waals surface area contributed by atoms with Crippen LogP contribution in [0.5, 0.6) is 0 Å². The summed E-state index contributed by atoms with van der Waals surface area (Å²) in [4.78, 5) is 12.6. The minimum atomic E-state index is -3.89. The van der Waals surface area contributed by atoms with E-state index in [0.717, 1.165) is 27.2 Å². The minimum Gasteiger partial charge on any atom is -0.376 e. The van der Waals surface area contributed by atoms with Gasteiger partial charge in [-0.2, -0.15) is 0 Å². The summed E-state index contributed by atoms with van der Waals surface area (Å²) in [5.74, 6) is -0.367. The van der Waals surface area contributed by atoms with Gasteiger partial charge in [0, 0.05) is 17.6 Å². The van der Waals surface area contributed by atoms with Gasteiger partial charge in [0.25, 0.3) is 10.0 Å². The van der Waals surface area contributed by atoms with Gasteiger partial charge in [0.15, 0.2) is 0 Å². The van der Waals surface area contributed by atoms with E-state index in [0.29, 0.717) is 18.8 Å². The molecule has 0 aliphatic carbocycles. The first-order valence-corrected chi connectivity index (χ1v) is 11.3. The van der Waals surface area contributed by atoms with Crippen molar-refractivity contribution >= 4 is 37.5 Å². The number of benzene rings is 2. The summed E-state index contributed by atoms with van der Waals surface area (Å²) in [5, 5.41) is 2.79. The van der Waals surface area contributed by atoms with Crippen LogP contribution in [0, 0.1) is 6.92 Å². The summed E-state index contributed by atoms with van der Waals surface area (Å²) in [5.41, 5.74) is 1.39. The van der Waals surface area contributed by atoms with Crippen molar-refractivity contribution in [2.24, 2.45) is 0 Å². The molecular formula is C20H23BrN2O4S. The Morgan fingerprint density at radius 2 is 1.86 bits per heavy atom. The number of rotatable bonds is 7. The lowest BCUT2D eigenvalue weighted by atomic mass is 10.2. The Morgan fingerprint density at radius 3 is 2.46 bits per heavy atom. The van der Waals surface area contributed by atoms with Crippen LogP contribution in [0.25, 0.3) is 0 Å². The summed E-state index contributed by atoms with van der Waals surface area (Å²) in [7, 11) is -3.89. The highest BCUT2D eigenvalue weighted by Gasteiger charge is 2.27. The van der Waals surface area contributed by atoms with Crippen molar-refractivity contribution in [1.29, 1.82) is 0 Å². The van der Waals surface area contributed by atoms with Gasteiger partial charge in [-0.15, -0.1) is 0 Å². The molecule has 6 nitrogen and oxygen atoms in total. The van der Waals surface area contributed by atoms with Gasteiger partial charge >= 0.3 is 0 Å². The molecule has 150 valence electrons. The highest BCUT2D eigenvalue weighted by molar-refractivity contribution is 9.10. The van der Waals surface area contributed by atoms with Crippen LogP contribution in [0.1, 0.15) is 18.4 Å². The molecule has 1 fully saturated rings. The van der Waals surface area contributed by atoms with Crippen molar-refractivity contribution < 1.29 is 17.9 Å². The Kier molecular flexibility index (Phi) is 6.74. The zero-order chi connectivity index (χ0) is 20.1. The molecule has 0 spiro atoms. The van der Waals surface area contributed by atoms with E-state index in [4.69, 9.17) is 4.74 Å². The van der Waals surface area contributed by atoms with Gasteiger partial charge < -0.3 is 10.1 Å². The van der Waals surface area contributed by atoms with Crippen LogP contribution >= 0.6 is 15.9 Å². The number of aryl methyl sites for hydroxylation is 1. The maximum Gasteiger partial charge on any atom is 0.264 e. The second-order valence-corrected chi connectivity index (χ2v) is 9.52. The van der Waals surface area contributed by atoms with Gasteiger partial charge in [-0.3, -0.25) is 9.10 Å². The number of nitrogens with one attached hydrogen (secondary N) is 1. The van der Waals surface area contributed by atoms with Gasteiger partial charge in [-0.1, -0.05) is 33.6 Å². The number of halogens is 1. The Morgan fingerprint density at radius 1 is 1.18 bits per heavy atom. The number of hydrogen-bond donors (Lipinski definition) is 1. The Labute approximate surface area is 174 Å². The standard InChI is InChI=1S/C20H23BrN2O4S/c1-15-4-10-19(11-5-15)28(25,26)23(17-8-6-16(21)7-9-17)14-20(24)22-13-18-3-2-12-27-18/h4-11,18H,2-3,12-14H2,1H3,(H,22,24)/t18-/m1/s1. The van der Waals surface area contributed by atoms with Crippen molar-refractivity contribution in [3.8, 4) is 0 Å². The number of sulfonamides is 1. The molecule has 8 heteroatoms. The average molecular weight is 467 g/mol. The second kappa shape index (κ2) is 9.07. The molecule has 0 saturated carbocycles. The number of anilines is 1. The van der Waals surface area contributed by atoms with Gasteiger partial charge in [-0.25, -0.2) is 8.42 Å². The van der Waals surface area contributed by atoms with Crippen LogP contribution < -0.4 is 9.62 Å². The Balaban J connectivity index is 1.83. The van der Waals surface area contributed by atoms with Crippen LogP contribution in [0.4, 0.5) is 5.69 Å². The minimum absolute atomic E-state index is 0.00112. The van der Waals surface area contributed by atoms with Crippen LogP contribution in [0.3, 0.4) is 0 Å². The summed E-state index contributed by atoms with van der Waals surface area (Å²) < 4.78 is 33.9. The number of ether oxygens (including phenoxy) is 1. The number of nitrogens with zero attached hydrogens (tertiary/aromatic N) is 1. The first-order valence-electron chi connectivity index (χ1n) is 9.09. The molecule has 1 aliphatic heterocycles. The lowest BCUT2D eigenvalue weighted by Crippen LogP contribution is -2.42. The van der Waals surface area contributed by atoms with E-state index < -0.39 is 10.0 Å². The highest BCUT2D eigenvalue weighted by atomic mass is 79.9. The lowest BCUT2D eigenvalue weighted by molar-refractivity contribution is -0.120. The van der Waals surface area contributed by atoms with E-state index in [-0.39, 0.29) is 23.5 Å². The third kappa shape index (κ3) is 5.12. The van der Waals surface area contributed by atoms with Crippen molar-refractivity contribution in [3.05, 3.63) is 58.6 Å². The molecule has 3 rings (SSSR count). The van der Waals surface area contributed by atoms with E-state index in [2.05, 4.69) is 21.2 Å². The fourth-order valence-electron chi connectivity index (χ4n) is 2.98. The molecule has 1 saturated heterocycles. The van der Waals surface area contributed by atoms with Crippen molar-refractivity contribution in [2.75, 3.05) is 24.0 Å². The normalized spacial score (nSPS) is 16.7. The number of hydrogen-bond acceptors (Lipinski definition) is 4. The SMILES string of the molecule is Cc1ccc(S(=O)(=O)N(CC(=O)NC[C@H]2CCCO2)c2ccc(Br)cc2)cc1. The predicted molar refractivity (Wildman–Crippen MR) is 112 cm³/mol. The molecule has 1 heterocycles. The molecule has 2 aromatic rings. The first kappa shape index (κ1) is 20.8. The molecule has 0 unspecified atom stereocenters. The molecule has 1 aliphatic rings. The van der Waals surface area contributed by atoms with E-state index in [1.165, 1.54) is 0 Å². The van der Waals surface area contributed by atoms with E-state index in [9.17, 15) is 13.2 Å². The zero-order valence-electron chi connectivity index (χ0n) is 15.6. The summed E-state index contributed by atoms with van der Waals surface area (Å²) >= 11 is 3.35. The van der Waals surface area contributed by atoms with E-state index in [1.54, 1.807) is 48.5 Å². The summed E-state index contributed by atoms with van der Waals surface area (Å²) in [6.07, 6.45) is 1.88. The molecule has 0 bridgehead atoms. The third-order valence-electron chi connectivity index (χ3n) is 4.56. The molecule has 1 amide bonds. The average Bonchev–Trinajstić information content (AvgIpc) is 3.19. The van der Waals surface area contributed by atoms with Crippen LogP contribution in [0.2, 0.25) is 0 Å². The second-order valence-electron chi connectivity index (χ2n) is 6.74. The summed E-state index contributed by atoms with van der Waals surface area (Å²) in [6, 6.07) is 13.4. The third-order valence-corrected chi connectivity index (χ3v) is 6.88. The van der Waals surface area contributed by atoms with Crippen LogP contribution in [-0.4, -0.2) is 40.1 Å². The van der Waals surface area contributed by atoms with Gasteiger partial charge in [0.2, 0.25) is 5.91 Å². The number of carbonyl (C=O) groups is 1. The van der Waals surface area contributed by atoms with Crippen molar-refractivity contribution in [2.45, 2.75) is 30.8 Å². The van der Waals surface area contributed by atoms with E-state index in [1.807, 2.05) is 6.92 Å². The van der Waals surface area contributed by atoms with Crippen LogP contribution in [0.15, 0.2) is 57.9 Å². The van der Waals surface area contributed by atoms with Gasteiger partial charge in [-0.05, 0) is 56.2 Å². The fraction of sp³-hybridized carbons (Fsp3) is 0.350. The monoisotopic (exact) mass is 466 g/mol. The maximum atomic E-state index is 13.2. The zero-order valence-corrected chi connectivity index (χ0v) is 18.0. The molecule has 0 radical (unpaired) electrons. The smallest absolute Gasteiger partial charge is 0.264 e. The molecule has 28 heavy (non-hydrogen) atoms. The lowest BCUT2D eigenvalue weighted by Gasteiger charge is -2.24. The number of amides is 1. The topological polar surface area (TPSA) is 75.7 Å². The van der Waals surface area contributed by atoms with Crippen molar-refractivity contribution in [3.63, 3.8) is 0 Å². The molecule has 0 aromatic heterocycles. The molecule has 1 atom stereocenters. The summed E-state index contributed by atoms with van der Waals surface area (Å²) in [6.45, 7) is 2.68. The van der Waals surface area contributed by atoms with Gasteiger partial charge in [0.1, 0.15) is 6.54 Å². The highest BCUT2D eigenvalue weighted by Crippen LogP contribution is 2.25. The largest absolute Gasteiger partial charge is 0.376 e. The van der Waals surface area contributed by atoms with Crippen LogP contribution in [-0.2, 0) is 19.6 Å². The number of carbonyl (C=O) groups excluding carboxylic acids is 1. The predicted octanol–water partition coefficient (Wildman–Crippen LogP) is 3.25. The van der Waals surface area contributed by atoms with Gasteiger partial charge in [0.05, 0.1) is 16.7 Å². The Bertz CT molecular complexity index is 908. The maximum absolute atomic E-state index is 13.2.